The molecule has 108 valence electrons. The van der Waals surface area contributed by atoms with E-state index >= 15 is 0 Å². The Kier molecular flexibility index (Phi) is 3.77. The van der Waals surface area contributed by atoms with Crippen molar-refractivity contribution in [3.05, 3.63) is 23.5 Å². The third-order valence-electron chi connectivity index (χ3n) is 3.39. The zero-order valence-electron chi connectivity index (χ0n) is 11.7. The minimum Gasteiger partial charge on any atom is -0.388 e. The number of nitrogens with zero attached hydrogens (tertiary/aromatic N) is 1. The van der Waals surface area contributed by atoms with Crippen LogP contribution in [-0.4, -0.2) is 29.9 Å². The summed E-state index contributed by atoms with van der Waals surface area (Å²) in [4.78, 5) is 0. The van der Waals surface area contributed by atoms with Gasteiger partial charge in [0.05, 0.1) is 12.4 Å². The van der Waals surface area contributed by atoms with E-state index in [0.717, 1.165) is 30.5 Å². The highest BCUT2D eigenvalue weighted by Crippen LogP contribution is 2.31. The van der Waals surface area contributed by atoms with Gasteiger partial charge in [-0.1, -0.05) is 0 Å². The van der Waals surface area contributed by atoms with Crippen molar-refractivity contribution in [2.45, 2.75) is 51.3 Å². The van der Waals surface area contributed by atoms with Gasteiger partial charge in [-0.25, -0.2) is 13.1 Å². The first-order valence-electron chi connectivity index (χ1n) is 6.53. The fraction of sp³-hybridized carbons (Fsp3) is 0.692. The molecule has 0 aromatic carbocycles. The number of aliphatic hydroxyl groups is 1. The van der Waals surface area contributed by atoms with Crippen LogP contribution in [0.3, 0.4) is 0 Å². The SMILES string of the molecule is CC(C)(Cn1ccc2c1CCCC2O)NS(C)(=O)=O. The summed E-state index contributed by atoms with van der Waals surface area (Å²) in [6.07, 6.45) is 5.44. The zero-order chi connectivity index (χ0) is 14.3. The second-order valence-electron chi connectivity index (χ2n) is 6.01. The maximum absolute atomic E-state index is 11.4. The van der Waals surface area contributed by atoms with E-state index in [9.17, 15) is 13.5 Å². The van der Waals surface area contributed by atoms with Crippen LogP contribution in [0.1, 0.15) is 44.1 Å². The molecule has 0 radical (unpaired) electrons. The number of nitrogens with one attached hydrogen (secondary N) is 1. The average molecular weight is 286 g/mol. The van der Waals surface area contributed by atoms with Gasteiger partial charge in [0.25, 0.3) is 0 Å². The molecule has 1 aromatic rings. The molecule has 2 N–H and O–H groups in total. The van der Waals surface area contributed by atoms with Gasteiger partial charge in [0, 0.05) is 29.5 Å². The van der Waals surface area contributed by atoms with E-state index in [1.807, 2.05) is 26.1 Å². The van der Waals surface area contributed by atoms with Gasteiger partial charge in [-0.05, 0) is 39.2 Å². The molecule has 2 rings (SSSR count). The van der Waals surface area contributed by atoms with Gasteiger partial charge in [0.2, 0.25) is 10.0 Å². The number of hydrogen-bond donors (Lipinski definition) is 2. The minimum absolute atomic E-state index is 0.379. The van der Waals surface area contributed by atoms with Crippen LogP contribution in [0.5, 0.6) is 0 Å². The molecule has 5 nitrogen and oxygen atoms in total. The van der Waals surface area contributed by atoms with E-state index in [0.29, 0.717) is 6.54 Å². The quantitative estimate of drug-likeness (QED) is 0.873. The molecule has 1 aromatic heterocycles. The van der Waals surface area contributed by atoms with Gasteiger partial charge in [0.1, 0.15) is 0 Å². The Morgan fingerprint density at radius 3 is 2.84 bits per heavy atom. The summed E-state index contributed by atoms with van der Waals surface area (Å²) in [5.41, 5.74) is 1.56. The summed E-state index contributed by atoms with van der Waals surface area (Å²) in [6.45, 7) is 4.28. The smallest absolute Gasteiger partial charge is 0.209 e. The van der Waals surface area contributed by atoms with Crippen LogP contribution < -0.4 is 4.72 Å². The lowest BCUT2D eigenvalue weighted by molar-refractivity contribution is 0.155. The largest absolute Gasteiger partial charge is 0.388 e. The van der Waals surface area contributed by atoms with Crippen molar-refractivity contribution in [2.75, 3.05) is 6.26 Å². The van der Waals surface area contributed by atoms with Crippen molar-refractivity contribution in [3.8, 4) is 0 Å². The first kappa shape index (κ1) is 14.6. The topological polar surface area (TPSA) is 71.3 Å². The Hall–Kier alpha value is -0.850. The predicted octanol–water partition coefficient (Wildman–Crippen LogP) is 1.19. The summed E-state index contributed by atoms with van der Waals surface area (Å²) in [6, 6.07) is 1.94. The van der Waals surface area contributed by atoms with Crippen LogP contribution in [0.4, 0.5) is 0 Å². The van der Waals surface area contributed by atoms with Gasteiger partial charge in [-0.15, -0.1) is 0 Å². The number of hydrogen-bond acceptors (Lipinski definition) is 3. The molecule has 1 aliphatic carbocycles. The molecule has 0 aliphatic heterocycles. The van der Waals surface area contributed by atoms with Crippen LogP contribution in [0.25, 0.3) is 0 Å². The van der Waals surface area contributed by atoms with Crippen LogP contribution in [0.15, 0.2) is 12.3 Å². The van der Waals surface area contributed by atoms with Crippen LogP contribution in [0, 0.1) is 0 Å². The lowest BCUT2D eigenvalue weighted by Gasteiger charge is -2.28. The van der Waals surface area contributed by atoms with Gasteiger partial charge < -0.3 is 9.67 Å². The highest BCUT2D eigenvalue weighted by molar-refractivity contribution is 7.88. The maximum Gasteiger partial charge on any atom is 0.209 e. The molecule has 0 fully saturated rings. The van der Waals surface area contributed by atoms with Crippen molar-refractivity contribution in [1.29, 1.82) is 0 Å². The van der Waals surface area contributed by atoms with E-state index in [2.05, 4.69) is 9.29 Å². The molecule has 1 unspecified atom stereocenters. The van der Waals surface area contributed by atoms with Gasteiger partial charge in [0.15, 0.2) is 0 Å². The first-order chi connectivity index (χ1) is 8.68. The highest BCUT2D eigenvalue weighted by atomic mass is 32.2. The molecule has 0 bridgehead atoms. The fourth-order valence-corrected chi connectivity index (χ4v) is 3.91. The Morgan fingerprint density at radius 2 is 2.21 bits per heavy atom. The normalized spacial score (nSPS) is 20.3. The van der Waals surface area contributed by atoms with Gasteiger partial charge >= 0.3 is 0 Å². The Labute approximate surface area is 114 Å². The molecule has 19 heavy (non-hydrogen) atoms. The first-order valence-corrected chi connectivity index (χ1v) is 8.42. The molecule has 6 heteroatoms. The lowest BCUT2D eigenvalue weighted by atomic mass is 9.95. The molecule has 1 aliphatic rings. The van der Waals surface area contributed by atoms with Crippen molar-refractivity contribution in [1.82, 2.24) is 9.29 Å². The van der Waals surface area contributed by atoms with Crippen LogP contribution in [0.2, 0.25) is 0 Å². The van der Waals surface area contributed by atoms with Crippen molar-refractivity contribution >= 4 is 10.0 Å². The summed E-state index contributed by atoms with van der Waals surface area (Å²) in [5, 5.41) is 9.93. The van der Waals surface area contributed by atoms with E-state index in [1.54, 1.807) is 0 Å². The molecule has 1 heterocycles. The number of sulfonamides is 1. The van der Waals surface area contributed by atoms with E-state index in [-0.39, 0.29) is 6.10 Å². The van der Waals surface area contributed by atoms with Crippen molar-refractivity contribution in [3.63, 3.8) is 0 Å². The molecule has 0 amide bonds. The number of aromatic nitrogens is 1. The molecular weight excluding hydrogens is 264 g/mol. The fourth-order valence-electron chi connectivity index (χ4n) is 2.84. The van der Waals surface area contributed by atoms with Crippen LogP contribution >= 0.6 is 0 Å². The number of aliphatic hydroxyl groups excluding tert-OH is 1. The highest BCUT2D eigenvalue weighted by Gasteiger charge is 2.26. The van der Waals surface area contributed by atoms with Crippen LogP contribution in [-0.2, 0) is 23.0 Å². The van der Waals surface area contributed by atoms with E-state index in [1.165, 1.54) is 6.26 Å². The maximum atomic E-state index is 11.4. The lowest BCUT2D eigenvalue weighted by Crippen LogP contribution is -2.46. The van der Waals surface area contributed by atoms with Crippen molar-refractivity contribution in [2.24, 2.45) is 0 Å². The predicted molar refractivity (Wildman–Crippen MR) is 74.4 cm³/mol. The average Bonchev–Trinajstić information content (AvgIpc) is 2.58. The zero-order valence-corrected chi connectivity index (χ0v) is 12.5. The Balaban J connectivity index is 2.20. The standard InChI is InChI=1S/C13H22N2O3S/c1-13(2,14-19(3,17)18)9-15-8-7-10-11(15)5-4-6-12(10)16/h7-8,12,14,16H,4-6,9H2,1-3H3. The van der Waals surface area contributed by atoms with Gasteiger partial charge in [-0.3, -0.25) is 0 Å². The molecule has 0 saturated carbocycles. The summed E-state index contributed by atoms with van der Waals surface area (Å²) < 4.78 is 27.4. The second-order valence-corrected chi connectivity index (χ2v) is 7.76. The van der Waals surface area contributed by atoms with Crippen molar-refractivity contribution < 1.29 is 13.5 Å². The third kappa shape index (κ3) is 3.58. The van der Waals surface area contributed by atoms with E-state index < -0.39 is 15.6 Å². The monoisotopic (exact) mass is 286 g/mol. The Bertz CT molecular complexity index is 560. The summed E-state index contributed by atoms with van der Waals surface area (Å²) in [7, 11) is -3.23. The summed E-state index contributed by atoms with van der Waals surface area (Å²) in [5.74, 6) is 0. The summed E-state index contributed by atoms with van der Waals surface area (Å²) >= 11 is 0. The molecular formula is C13H22N2O3S. The third-order valence-corrected chi connectivity index (χ3v) is 4.31. The Morgan fingerprint density at radius 1 is 1.53 bits per heavy atom. The minimum atomic E-state index is -3.23. The number of rotatable bonds is 4. The second kappa shape index (κ2) is 4.92. The molecule has 1 atom stereocenters. The number of fused-ring (bicyclic) bond motifs is 1. The van der Waals surface area contributed by atoms with Gasteiger partial charge in [-0.2, -0.15) is 0 Å². The molecule has 0 saturated heterocycles. The molecule has 0 spiro atoms. The van der Waals surface area contributed by atoms with E-state index in [4.69, 9.17) is 0 Å².